The number of hydrogen-bond acceptors (Lipinski definition) is 4. The van der Waals surface area contributed by atoms with Gasteiger partial charge < -0.3 is 9.80 Å². The SMILES string of the molecule is CC(C)(CCl)C(=O)N1CCN(C(=O)c2cnccn2)CC1. The van der Waals surface area contributed by atoms with Gasteiger partial charge in [-0.15, -0.1) is 11.6 Å². The third kappa shape index (κ3) is 3.50. The Morgan fingerprint density at radius 2 is 1.81 bits per heavy atom. The Bertz CT molecular complexity index is 513. The van der Waals surface area contributed by atoms with Gasteiger partial charge in [0.2, 0.25) is 5.91 Å². The number of aromatic nitrogens is 2. The van der Waals surface area contributed by atoms with Gasteiger partial charge >= 0.3 is 0 Å². The van der Waals surface area contributed by atoms with Crippen LogP contribution in [-0.2, 0) is 4.79 Å². The summed E-state index contributed by atoms with van der Waals surface area (Å²) in [5, 5.41) is 0. The van der Waals surface area contributed by atoms with Gasteiger partial charge in [0.1, 0.15) is 5.69 Å². The number of carbonyl (C=O) groups excluding carboxylic acids is 2. The standard InChI is InChI=1S/C14H19ClN4O2/c1-14(2,10-15)13(21)19-7-5-18(6-8-19)12(20)11-9-16-3-4-17-11/h3-4,9H,5-8,10H2,1-2H3. The lowest BCUT2D eigenvalue weighted by Crippen LogP contribution is -2.53. The van der Waals surface area contributed by atoms with E-state index in [2.05, 4.69) is 9.97 Å². The van der Waals surface area contributed by atoms with Gasteiger partial charge in [-0.1, -0.05) is 0 Å². The molecule has 0 N–H and O–H groups in total. The quantitative estimate of drug-likeness (QED) is 0.782. The van der Waals surface area contributed by atoms with Gasteiger partial charge in [0.25, 0.3) is 5.91 Å². The van der Waals surface area contributed by atoms with Gasteiger partial charge in [-0.25, -0.2) is 4.98 Å². The number of nitrogens with zero attached hydrogens (tertiary/aromatic N) is 4. The van der Waals surface area contributed by atoms with Gasteiger partial charge in [-0.05, 0) is 13.8 Å². The molecule has 1 fully saturated rings. The molecule has 0 radical (unpaired) electrons. The van der Waals surface area contributed by atoms with Gasteiger partial charge in [-0.3, -0.25) is 14.6 Å². The third-order valence-corrected chi connectivity index (χ3v) is 4.22. The van der Waals surface area contributed by atoms with Crippen molar-refractivity contribution in [2.45, 2.75) is 13.8 Å². The molecule has 1 aliphatic heterocycles. The van der Waals surface area contributed by atoms with Crippen LogP contribution in [0.1, 0.15) is 24.3 Å². The molecule has 0 unspecified atom stereocenters. The van der Waals surface area contributed by atoms with Crippen LogP contribution in [0.15, 0.2) is 18.6 Å². The average Bonchev–Trinajstić information content (AvgIpc) is 2.54. The number of alkyl halides is 1. The predicted molar refractivity (Wildman–Crippen MR) is 79.0 cm³/mol. The monoisotopic (exact) mass is 310 g/mol. The Labute approximate surface area is 129 Å². The summed E-state index contributed by atoms with van der Waals surface area (Å²) in [4.78, 5) is 35.9. The molecule has 0 aliphatic carbocycles. The van der Waals surface area contributed by atoms with Crippen molar-refractivity contribution in [3.8, 4) is 0 Å². The zero-order valence-electron chi connectivity index (χ0n) is 12.3. The molecule has 7 heteroatoms. The van der Waals surface area contributed by atoms with Crippen molar-refractivity contribution in [2.24, 2.45) is 5.41 Å². The van der Waals surface area contributed by atoms with Crippen molar-refractivity contribution in [1.82, 2.24) is 19.8 Å². The lowest BCUT2D eigenvalue weighted by molar-refractivity contribution is -0.140. The first-order chi connectivity index (χ1) is 9.95. The van der Waals surface area contributed by atoms with E-state index in [9.17, 15) is 9.59 Å². The van der Waals surface area contributed by atoms with Crippen LogP contribution in [0.4, 0.5) is 0 Å². The molecule has 2 amide bonds. The van der Waals surface area contributed by atoms with Gasteiger partial charge in [0, 0.05) is 44.5 Å². The van der Waals surface area contributed by atoms with Crippen molar-refractivity contribution in [3.05, 3.63) is 24.3 Å². The number of piperazine rings is 1. The highest BCUT2D eigenvalue weighted by molar-refractivity contribution is 6.19. The van der Waals surface area contributed by atoms with E-state index in [0.29, 0.717) is 31.9 Å². The molecule has 2 rings (SSSR count). The van der Waals surface area contributed by atoms with E-state index in [1.807, 2.05) is 13.8 Å². The summed E-state index contributed by atoms with van der Waals surface area (Å²) < 4.78 is 0. The van der Waals surface area contributed by atoms with Crippen LogP contribution in [0, 0.1) is 5.41 Å². The summed E-state index contributed by atoms with van der Waals surface area (Å²) in [6, 6.07) is 0. The smallest absolute Gasteiger partial charge is 0.274 e. The van der Waals surface area contributed by atoms with Crippen molar-refractivity contribution in [2.75, 3.05) is 32.1 Å². The van der Waals surface area contributed by atoms with Gasteiger partial charge in [0.05, 0.1) is 11.6 Å². The molecule has 0 spiro atoms. The topological polar surface area (TPSA) is 66.4 Å². The highest BCUT2D eigenvalue weighted by atomic mass is 35.5. The highest BCUT2D eigenvalue weighted by Gasteiger charge is 2.33. The van der Waals surface area contributed by atoms with Gasteiger partial charge in [0.15, 0.2) is 0 Å². The number of carbonyl (C=O) groups is 2. The summed E-state index contributed by atoms with van der Waals surface area (Å²) in [5.74, 6) is 0.167. The first-order valence-electron chi connectivity index (χ1n) is 6.86. The van der Waals surface area contributed by atoms with Crippen molar-refractivity contribution in [1.29, 1.82) is 0 Å². The van der Waals surface area contributed by atoms with E-state index in [-0.39, 0.29) is 17.7 Å². The lowest BCUT2D eigenvalue weighted by Gasteiger charge is -2.38. The van der Waals surface area contributed by atoms with Crippen molar-refractivity contribution < 1.29 is 9.59 Å². The summed E-state index contributed by atoms with van der Waals surface area (Å²) in [6.45, 7) is 5.70. The normalized spacial score (nSPS) is 16.0. The second-order valence-electron chi connectivity index (χ2n) is 5.69. The molecule has 6 nitrogen and oxygen atoms in total. The average molecular weight is 311 g/mol. The summed E-state index contributed by atoms with van der Waals surface area (Å²) in [6.07, 6.45) is 4.48. The fraction of sp³-hybridized carbons (Fsp3) is 0.571. The largest absolute Gasteiger partial charge is 0.339 e. The molecular formula is C14H19ClN4O2. The molecule has 1 aromatic rings. The number of amides is 2. The van der Waals surface area contributed by atoms with Crippen molar-refractivity contribution in [3.63, 3.8) is 0 Å². The fourth-order valence-electron chi connectivity index (χ4n) is 2.17. The third-order valence-electron chi connectivity index (χ3n) is 3.55. The molecule has 0 aromatic carbocycles. The van der Waals surface area contributed by atoms with E-state index < -0.39 is 5.41 Å². The Kier molecular flexibility index (Phi) is 4.77. The second-order valence-corrected chi connectivity index (χ2v) is 5.96. The zero-order chi connectivity index (χ0) is 15.5. The van der Waals surface area contributed by atoms with Crippen LogP contribution in [0.3, 0.4) is 0 Å². The molecular weight excluding hydrogens is 292 g/mol. The zero-order valence-corrected chi connectivity index (χ0v) is 13.0. The van der Waals surface area contributed by atoms with E-state index in [0.717, 1.165) is 0 Å². The number of hydrogen-bond donors (Lipinski definition) is 0. The maximum Gasteiger partial charge on any atom is 0.274 e. The molecule has 114 valence electrons. The molecule has 0 bridgehead atoms. The number of halogens is 1. The van der Waals surface area contributed by atoms with E-state index in [1.54, 1.807) is 9.80 Å². The lowest BCUT2D eigenvalue weighted by atomic mass is 9.94. The van der Waals surface area contributed by atoms with Crippen LogP contribution in [0.25, 0.3) is 0 Å². The highest BCUT2D eigenvalue weighted by Crippen LogP contribution is 2.21. The Morgan fingerprint density at radius 3 is 2.33 bits per heavy atom. The minimum atomic E-state index is -0.571. The predicted octanol–water partition coefficient (Wildman–Crippen LogP) is 1.03. The second kappa shape index (κ2) is 6.39. The van der Waals surface area contributed by atoms with E-state index >= 15 is 0 Å². The maximum atomic E-state index is 12.3. The first kappa shape index (κ1) is 15.7. The number of rotatable bonds is 3. The molecule has 21 heavy (non-hydrogen) atoms. The van der Waals surface area contributed by atoms with E-state index in [4.69, 9.17) is 11.6 Å². The molecule has 1 aromatic heterocycles. The Morgan fingerprint density at radius 1 is 1.19 bits per heavy atom. The van der Waals surface area contributed by atoms with Crippen molar-refractivity contribution >= 4 is 23.4 Å². The molecule has 0 saturated carbocycles. The molecule has 1 saturated heterocycles. The summed E-state index contributed by atoms with van der Waals surface area (Å²) in [5.41, 5.74) is -0.239. The molecule has 0 atom stereocenters. The summed E-state index contributed by atoms with van der Waals surface area (Å²) >= 11 is 5.84. The molecule has 1 aliphatic rings. The Balaban J connectivity index is 1.95. The fourth-order valence-corrected chi connectivity index (χ4v) is 2.28. The minimum absolute atomic E-state index is 0.0316. The van der Waals surface area contributed by atoms with Crippen LogP contribution in [-0.4, -0.2) is 63.6 Å². The maximum absolute atomic E-state index is 12.3. The van der Waals surface area contributed by atoms with E-state index in [1.165, 1.54) is 18.6 Å². The van der Waals surface area contributed by atoms with Crippen LogP contribution in [0.5, 0.6) is 0 Å². The Hall–Kier alpha value is -1.69. The summed E-state index contributed by atoms with van der Waals surface area (Å²) in [7, 11) is 0. The van der Waals surface area contributed by atoms with Crippen LogP contribution in [0.2, 0.25) is 0 Å². The first-order valence-corrected chi connectivity index (χ1v) is 7.40. The minimum Gasteiger partial charge on any atom is -0.339 e. The van der Waals surface area contributed by atoms with Crippen LogP contribution < -0.4 is 0 Å². The molecule has 2 heterocycles. The van der Waals surface area contributed by atoms with Gasteiger partial charge in [-0.2, -0.15) is 0 Å². The van der Waals surface area contributed by atoms with Crippen LogP contribution >= 0.6 is 11.6 Å².